The predicted molar refractivity (Wildman–Crippen MR) is 140 cm³/mol. The molecule has 1 aliphatic rings. The zero-order valence-electron chi connectivity index (χ0n) is 20.2. The van der Waals surface area contributed by atoms with E-state index in [1.165, 1.54) is 0 Å². The van der Waals surface area contributed by atoms with Gasteiger partial charge in [-0.25, -0.2) is 4.79 Å². The normalized spacial score (nSPS) is 13.7. The summed E-state index contributed by atoms with van der Waals surface area (Å²) in [4.78, 5) is 28.1. The summed E-state index contributed by atoms with van der Waals surface area (Å²) in [6, 6.07) is 22.1. The van der Waals surface area contributed by atoms with Crippen molar-refractivity contribution in [1.82, 2.24) is 5.32 Å². The summed E-state index contributed by atoms with van der Waals surface area (Å²) < 4.78 is 5.21. The third-order valence-corrected chi connectivity index (χ3v) is 6.25. The average Bonchev–Trinajstić information content (AvgIpc) is 2.88. The molecule has 1 fully saturated rings. The van der Waals surface area contributed by atoms with E-state index in [4.69, 9.17) is 4.74 Å². The monoisotopic (exact) mass is 472 g/mol. The lowest BCUT2D eigenvalue weighted by atomic mass is 9.97. The number of carbonyl (C=O) groups is 2. The second-order valence-corrected chi connectivity index (χ2v) is 8.88. The summed E-state index contributed by atoms with van der Waals surface area (Å²) in [5, 5.41) is 8.68. The number of nitrogens with zero attached hydrogens (tertiary/aromatic N) is 1. The van der Waals surface area contributed by atoms with Crippen LogP contribution in [-0.4, -0.2) is 32.1 Å². The molecular weight excluding hydrogens is 440 g/mol. The van der Waals surface area contributed by atoms with E-state index in [1.807, 2.05) is 48.5 Å². The van der Waals surface area contributed by atoms with Crippen molar-refractivity contribution in [1.29, 1.82) is 0 Å². The van der Waals surface area contributed by atoms with Gasteiger partial charge in [-0.05, 0) is 54.7 Å². The fraction of sp³-hybridized carbons (Fsp3) is 0.286. The van der Waals surface area contributed by atoms with Gasteiger partial charge in [-0.15, -0.1) is 0 Å². The molecule has 7 nitrogen and oxygen atoms in total. The number of piperidine rings is 1. The number of rotatable bonds is 7. The van der Waals surface area contributed by atoms with E-state index in [0.29, 0.717) is 35.2 Å². The van der Waals surface area contributed by atoms with Crippen LogP contribution in [0, 0.1) is 5.92 Å². The molecule has 3 amide bonds. The molecular formula is C28H32N4O3. The Morgan fingerprint density at radius 1 is 0.914 bits per heavy atom. The number of ether oxygens (including phenoxy) is 1. The van der Waals surface area contributed by atoms with Gasteiger partial charge >= 0.3 is 6.03 Å². The quantitative estimate of drug-likeness (QED) is 0.424. The SMILES string of the molecule is COc1cccc(NC(=O)Nc2ccc(N3CCC(C)CC3)c(C(=O)NCc3ccccc3)c2)c1. The molecule has 35 heavy (non-hydrogen) atoms. The molecule has 0 bridgehead atoms. The van der Waals surface area contributed by atoms with E-state index >= 15 is 0 Å². The lowest BCUT2D eigenvalue weighted by Gasteiger charge is -2.33. The second kappa shape index (κ2) is 11.4. The van der Waals surface area contributed by atoms with Crippen molar-refractivity contribution in [2.24, 2.45) is 5.92 Å². The third kappa shape index (κ3) is 6.53. The zero-order chi connectivity index (χ0) is 24.6. The first-order chi connectivity index (χ1) is 17.0. The van der Waals surface area contributed by atoms with Crippen LogP contribution in [0.25, 0.3) is 0 Å². The van der Waals surface area contributed by atoms with Crippen molar-refractivity contribution in [3.8, 4) is 5.75 Å². The van der Waals surface area contributed by atoms with Crippen LogP contribution in [0.5, 0.6) is 5.75 Å². The molecule has 4 rings (SSSR count). The topological polar surface area (TPSA) is 82.7 Å². The third-order valence-electron chi connectivity index (χ3n) is 6.25. The molecule has 0 unspecified atom stereocenters. The maximum atomic E-state index is 13.3. The molecule has 1 heterocycles. The van der Waals surface area contributed by atoms with Crippen LogP contribution in [-0.2, 0) is 6.54 Å². The molecule has 7 heteroatoms. The zero-order valence-corrected chi connectivity index (χ0v) is 20.2. The molecule has 1 saturated heterocycles. The Morgan fingerprint density at radius 3 is 2.34 bits per heavy atom. The molecule has 0 atom stereocenters. The summed E-state index contributed by atoms with van der Waals surface area (Å²) in [7, 11) is 1.58. The van der Waals surface area contributed by atoms with Gasteiger partial charge in [-0.2, -0.15) is 0 Å². The largest absolute Gasteiger partial charge is 0.497 e. The van der Waals surface area contributed by atoms with Gasteiger partial charge in [0.2, 0.25) is 0 Å². The van der Waals surface area contributed by atoms with Crippen molar-refractivity contribution in [2.45, 2.75) is 26.3 Å². The number of carbonyl (C=O) groups excluding carboxylic acids is 2. The van der Waals surface area contributed by atoms with Gasteiger partial charge in [-0.1, -0.05) is 43.3 Å². The predicted octanol–water partition coefficient (Wildman–Crippen LogP) is 5.51. The summed E-state index contributed by atoms with van der Waals surface area (Å²) in [6.07, 6.45) is 2.18. The maximum absolute atomic E-state index is 13.3. The summed E-state index contributed by atoms with van der Waals surface area (Å²) >= 11 is 0. The highest BCUT2D eigenvalue weighted by molar-refractivity contribution is 6.04. The van der Waals surface area contributed by atoms with Crippen LogP contribution in [0.2, 0.25) is 0 Å². The Kier molecular flexibility index (Phi) is 7.88. The first-order valence-electron chi connectivity index (χ1n) is 11.9. The fourth-order valence-electron chi connectivity index (χ4n) is 4.19. The molecule has 0 aliphatic carbocycles. The second-order valence-electron chi connectivity index (χ2n) is 8.88. The van der Waals surface area contributed by atoms with Crippen LogP contribution in [0.3, 0.4) is 0 Å². The van der Waals surface area contributed by atoms with E-state index in [9.17, 15) is 9.59 Å². The molecule has 0 spiro atoms. The highest BCUT2D eigenvalue weighted by Gasteiger charge is 2.22. The molecule has 3 aromatic rings. The van der Waals surface area contributed by atoms with E-state index < -0.39 is 6.03 Å². The van der Waals surface area contributed by atoms with Gasteiger partial charge < -0.3 is 25.6 Å². The van der Waals surface area contributed by atoms with Crippen LogP contribution < -0.4 is 25.6 Å². The standard InChI is InChI=1S/C28H32N4O3/c1-20-13-15-32(16-14-20)26-12-11-23(31-28(34)30-22-9-6-10-24(17-22)35-2)18-25(26)27(33)29-19-21-7-4-3-5-8-21/h3-12,17-18,20H,13-16,19H2,1-2H3,(H,29,33)(H2,30,31,34). The number of benzene rings is 3. The number of hydrogen-bond donors (Lipinski definition) is 3. The van der Waals surface area contributed by atoms with Crippen molar-refractivity contribution in [3.05, 3.63) is 83.9 Å². The van der Waals surface area contributed by atoms with Crippen molar-refractivity contribution in [3.63, 3.8) is 0 Å². The Hall–Kier alpha value is -4.00. The van der Waals surface area contributed by atoms with Gasteiger partial charge in [0.15, 0.2) is 0 Å². The summed E-state index contributed by atoms with van der Waals surface area (Å²) in [5.74, 6) is 1.17. The lowest BCUT2D eigenvalue weighted by molar-refractivity contribution is 0.0951. The molecule has 3 aromatic carbocycles. The Morgan fingerprint density at radius 2 is 1.63 bits per heavy atom. The van der Waals surface area contributed by atoms with Crippen molar-refractivity contribution < 1.29 is 14.3 Å². The van der Waals surface area contributed by atoms with Crippen LogP contribution >= 0.6 is 0 Å². The number of hydrogen-bond acceptors (Lipinski definition) is 4. The van der Waals surface area contributed by atoms with Gasteiger partial charge in [-0.3, -0.25) is 4.79 Å². The van der Waals surface area contributed by atoms with Crippen LogP contribution in [0.15, 0.2) is 72.8 Å². The van der Waals surface area contributed by atoms with E-state index in [-0.39, 0.29) is 5.91 Å². The smallest absolute Gasteiger partial charge is 0.323 e. The van der Waals surface area contributed by atoms with Crippen molar-refractivity contribution >= 4 is 29.0 Å². The number of urea groups is 1. The van der Waals surface area contributed by atoms with Crippen LogP contribution in [0.4, 0.5) is 21.9 Å². The average molecular weight is 473 g/mol. The molecule has 3 N–H and O–H groups in total. The minimum absolute atomic E-state index is 0.167. The first-order valence-corrected chi connectivity index (χ1v) is 11.9. The summed E-state index contributed by atoms with van der Waals surface area (Å²) in [5.41, 5.74) is 3.63. The van der Waals surface area contributed by atoms with Gasteiger partial charge in [0.1, 0.15) is 5.75 Å². The fourth-order valence-corrected chi connectivity index (χ4v) is 4.19. The summed E-state index contributed by atoms with van der Waals surface area (Å²) in [6.45, 7) is 4.51. The first kappa shape index (κ1) is 24.1. The lowest BCUT2D eigenvalue weighted by Crippen LogP contribution is -2.35. The minimum Gasteiger partial charge on any atom is -0.497 e. The molecule has 0 radical (unpaired) electrons. The van der Waals surface area contributed by atoms with Crippen LogP contribution in [0.1, 0.15) is 35.7 Å². The number of nitrogens with one attached hydrogen (secondary N) is 3. The van der Waals surface area contributed by atoms with Gasteiger partial charge in [0, 0.05) is 42.8 Å². The molecule has 0 aromatic heterocycles. The Balaban J connectivity index is 1.51. The Bertz CT molecular complexity index is 1160. The maximum Gasteiger partial charge on any atom is 0.323 e. The Labute approximate surface area is 206 Å². The molecule has 182 valence electrons. The molecule has 0 saturated carbocycles. The van der Waals surface area contributed by atoms with Gasteiger partial charge in [0.05, 0.1) is 12.7 Å². The van der Waals surface area contributed by atoms with E-state index in [1.54, 1.807) is 31.4 Å². The number of methoxy groups -OCH3 is 1. The van der Waals surface area contributed by atoms with E-state index in [0.717, 1.165) is 37.2 Å². The van der Waals surface area contributed by atoms with E-state index in [2.05, 4.69) is 27.8 Å². The molecule has 1 aliphatic heterocycles. The highest BCUT2D eigenvalue weighted by atomic mass is 16.5. The van der Waals surface area contributed by atoms with Crippen molar-refractivity contribution in [2.75, 3.05) is 35.7 Å². The minimum atomic E-state index is -0.395. The number of anilines is 3. The highest BCUT2D eigenvalue weighted by Crippen LogP contribution is 2.29. The van der Waals surface area contributed by atoms with Gasteiger partial charge in [0.25, 0.3) is 5.91 Å². The number of amides is 3.